The third-order valence-corrected chi connectivity index (χ3v) is 9.58. The molecule has 4 rings (SSSR count). The Morgan fingerprint density at radius 3 is 1.98 bits per heavy atom. The Morgan fingerprint density at radius 2 is 1.32 bits per heavy atom. The molecule has 0 radical (unpaired) electrons. The topological polar surface area (TPSA) is 349 Å². The Labute approximate surface area is 347 Å². The lowest BCUT2D eigenvalue weighted by Gasteiger charge is -2.27. The van der Waals surface area contributed by atoms with E-state index in [1.807, 2.05) is 24.3 Å². The molecule has 6 amide bonds. The third kappa shape index (κ3) is 14.9. The molecular formula is C40H56N14O6. The summed E-state index contributed by atoms with van der Waals surface area (Å²) >= 11 is 0. The highest BCUT2D eigenvalue weighted by Gasteiger charge is 2.33. The van der Waals surface area contributed by atoms with E-state index in [-0.39, 0.29) is 44.6 Å². The number of aromatic nitrogens is 3. The Kier molecular flexibility index (Phi) is 18.0. The summed E-state index contributed by atoms with van der Waals surface area (Å²) in [6.45, 7) is 0.0920. The van der Waals surface area contributed by atoms with E-state index in [1.165, 1.54) is 12.5 Å². The van der Waals surface area contributed by atoms with Gasteiger partial charge in [-0.05, 0) is 49.4 Å². The molecule has 60 heavy (non-hydrogen) atoms. The van der Waals surface area contributed by atoms with Gasteiger partial charge < -0.3 is 65.2 Å². The van der Waals surface area contributed by atoms with Gasteiger partial charge in [0.15, 0.2) is 5.96 Å². The van der Waals surface area contributed by atoms with Crippen LogP contribution in [0.2, 0.25) is 0 Å². The molecule has 0 spiro atoms. The van der Waals surface area contributed by atoms with Crippen molar-refractivity contribution < 1.29 is 28.8 Å². The van der Waals surface area contributed by atoms with Crippen LogP contribution < -0.4 is 55.3 Å². The number of aromatic amines is 2. The van der Waals surface area contributed by atoms with E-state index in [0.29, 0.717) is 42.6 Å². The van der Waals surface area contributed by atoms with Gasteiger partial charge in [0.2, 0.25) is 35.4 Å². The van der Waals surface area contributed by atoms with Crippen molar-refractivity contribution in [3.8, 4) is 0 Å². The summed E-state index contributed by atoms with van der Waals surface area (Å²) in [5, 5.41) is 14.3. The van der Waals surface area contributed by atoms with Crippen LogP contribution in [-0.2, 0) is 48.0 Å². The monoisotopic (exact) mass is 828 g/mol. The molecule has 0 fully saturated rings. The number of H-pyrrole nitrogens is 2. The Hall–Kier alpha value is -6.80. The number of imidazole rings is 1. The van der Waals surface area contributed by atoms with Crippen molar-refractivity contribution in [2.45, 2.75) is 81.6 Å². The first-order valence-electron chi connectivity index (χ1n) is 19.7. The lowest BCUT2D eigenvalue weighted by molar-refractivity contribution is -0.135. The Balaban J connectivity index is 1.60. The van der Waals surface area contributed by atoms with E-state index < -0.39 is 72.2 Å². The van der Waals surface area contributed by atoms with Crippen molar-refractivity contribution >= 4 is 52.3 Å². The molecule has 5 atom stereocenters. The van der Waals surface area contributed by atoms with E-state index in [9.17, 15) is 28.8 Å². The highest BCUT2D eigenvalue weighted by Crippen LogP contribution is 2.19. The minimum Gasteiger partial charge on any atom is -0.370 e. The van der Waals surface area contributed by atoms with Crippen LogP contribution in [-0.4, -0.2) is 106 Å². The number of rotatable bonds is 25. The molecule has 2 aromatic heterocycles. The number of nitrogens with zero attached hydrogens (tertiary/aromatic N) is 2. The van der Waals surface area contributed by atoms with E-state index in [0.717, 1.165) is 10.9 Å². The number of para-hydroxylation sites is 1. The fourth-order valence-electron chi connectivity index (χ4n) is 6.42. The third-order valence-electron chi connectivity index (χ3n) is 9.58. The number of carbonyl (C=O) groups excluding carboxylic acids is 6. The summed E-state index contributed by atoms with van der Waals surface area (Å²) < 4.78 is 0. The van der Waals surface area contributed by atoms with Crippen molar-refractivity contribution in [1.29, 1.82) is 0 Å². The van der Waals surface area contributed by atoms with E-state index in [1.54, 1.807) is 36.5 Å². The SMILES string of the molecule is NCCCCC(N)C(=O)NC(Cc1cnc[nH]1)C(=O)NC(Cc1ccccc1)C(=O)NC(CCCN=C(N)N)C(=O)NC(Cc1c[nH]c2ccccc12)C(=O)NCC(N)=O. The number of primary amides is 1. The zero-order chi connectivity index (χ0) is 43.4. The maximum Gasteiger partial charge on any atom is 0.243 e. The molecule has 0 bridgehead atoms. The highest BCUT2D eigenvalue weighted by molar-refractivity contribution is 5.97. The summed E-state index contributed by atoms with van der Waals surface area (Å²) in [6.07, 6.45) is 6.56. The van der Waals surface area contributed by atoms with Crippen molar-refractivity contribution in [2.24, 2.45) is 33.7 Å². The van der Waals surface area contributed by atoms with Gasteiger partial charge in [0.05, 0.1) is 18.9 Å². The number of nitrogens with one attached hydrogen (secondary N) is 7. The van der Waals surface area contributed by atoms with Crippen molar-refractivity contribution in [1.82, 2.24) is 41.5 Å². The van der Waals surface area contributed by atoms with Gasteiger partial charge in [0.25, 0.3) is 0 Å². The molecule has 0 aliphatic carbocycles. The number of unbranched alkanes of at least 4 members (excludes halogenated alkanes) is 1. The quantitative estimate of drug-likeness (QED) is 0.0196. The predicted octanol–water partition coefficient (Wildman–Crippen LogP) is -2.03. The molecule has 17 N–H and O–H groups in total. The molecule has 0 aliphatic heterocycles. The van der Waals surface area contributed by atoms with Crippen LogP contribution in [0, 0.1) is 0 Å². The first-order chi connectivity index (χ1) is 28.8. The number of hydrogen-bond acceptors (Lipinski definition) is 10. The van der Waals surface area contributed by atoms with Crippen LogP contribution in [0.5, 0.6) is 0 Å². The van der Waals surface area contributed by atoms with E-state index >= 15 is 0 Å². The second-order valence-electron chi connectivity index (χ2n) is 14.3. The molecule has 2 heterocycles. The second kappa shape index (κ2) is 23.6. The highest BCUT2D eigenvalue weighted by atomic mass is 16.2. The summed E-state index contributed by atoms with van der Waals surface area (Å²) in [6, 6.07) is 10.5. The van der Waals surface area contributed by atoms with Crippen molar-refractivity contribution in [3.05, 3.63) is 90.1 Å². The number of nitrogens with two attached hydrogens (primary N) is 5. The Bertz CT molecular complexity index is 2050. The van der Waals surface area contributed by atoms with E-state index in [2.05, 4.69) is 46.5 Å². The van der Waals surface area contributed by atoms with Gasteiger partial charge in [-0.3, -0.25) is 33.8 Å². The van der Waals surface area contributed by atoms with Crippen LogP contribution in [0.15, 0.2) is 78.3 Å². The molecule has 4 aromatic rings. The molecule has 0 aliphatic rings. The smallest absolute Gasteiger partial charge is 0.243 e. The molecular weight excluding hydrogens is 773 g/mol. The van der Waals surface area contributed by atoms with Gasteiger partial charge in [-0.1, -0.05) is 55.0 Å². The van der Waals surface area contributed by atoms with Crippen LogP contribution >= 0.6 is 0 Å². The summed E-state index contributed by atoms with van der Waals surface area (Å²) in [5.41, 5.74) is 30.8. The number of benzene rings is 2. The van der Waals surface area contributed by atoms with Gasteiger partial charge in [0, 0.05) is 54.8 Å². The lowest BCUT2D eigenvalue weighted by Crippen LogP contribution is -2.60. The molecule has 20 nitrogen and oxygen atoms in total. The van der Waals surface area contributed by atoms with E-state index in [4.69, 9.17) is 28.7 Å². The molecule has 20 heteroatoms. The molecule has 0 saturated carbocycles. The number of aliphatic imine (C=N–C) groups is 1. The average molecular weight is 829 g/mol. The first kappa shape index (κ1) is 45.9. The number of fused-ring (bicyclic) bond motifs is 1. The van der Waals surface area contributed by atoms with Gasteiger partial charge >= 0.3 is 0 Å². The molecule has 0 saturated heterocycles. The summed E-state index contributed by atoms with van der Waals surface area (Å²) in [7, 11) is 0. The summed E-state index contributed by atoms with van der Waals surface area (Å²) in [4.78, 5) is 94.8. The maximum absolute atomic E-state index is 14.3. The minimum absolute atomic E-state index is 0.00176. The normalized spacial score (nSPS) is 13.5. The number of hydrogen-bond donors (Lipinski definition) is 12. The number of guanidine groups is 1. The van der Waals surface area contributed by atoms with Gasteiger partial charge in [-0.2, -0.15) is 0 Å². The fourth-order valence-corrected chi connectivity index (χ4v) is 6.42. The van der Waals surface area contributed by atoms with Gasteiger partial charge in [-0.25, -0.2) is 4.98 Å². The average Bonchev–Trinajstić information content (AvgIpc) is 3.90. The summed E-state index contributed by atoms with van der Waals surface area (Å²) in [5.74, 6) is -4.35. The molecule has 322 valence electrons. The fraction of sp³-hybridized carbons (Fsp3) is 0.400. The zero-order valence-electron chi connectivity index (χ0n) is 33.3. The predicted molar refractivity (Wildman–Crippen MR) is 225 cm³/mol. The maximum atomic E-state index is 14.3. The van der Waals surface area contributed by atoms with Crippen LogP contribution in [0.4, 0.5) is 0 Å². The Morgan fingerprint density at radius 1 is 0.683 bits per heavy atom. The largest absolute Gasteiger partial charge is 0.370 e. The van der Waals surface area contributed by atoms with Gasteiger partial charge in [-0.15, -0.1) is 0 Å². The second-order valence-corrected chi connectivity index (χ2v) is 14.3. The first-order valence-corrected chi connectivity index (χ1v) is 19.7. The minimum atomic E-state index is -1.26. The number of amides is 6. The van der Waals surface area contributed by atoms with Gasteiger partial charge in [0.1, 0.15) is 24.2 Å². The van der Waals surface area contributed by atoms with Crippen LogP contribution in [0.3, 0.4) is 0 Å². The standard InChI is InChI=1S/C40H56N14O6/c41-15-7-6-12-28(42)35(56)52-33(19-26-21-46-23-50-26)39(60)53-31(17-24-9-2-1-3-10-24)38(59)51-30(14-8-16-47-40(44)45)37(58)54-32(36(57)49-22-34(43)55)18-25-20-48-29-13-5-4-11-27(25)29/h1-5,9-11,13,20-21,23,28,30-33,48H,6-8,12,14-19,22,41-42H2,(H2,43,55)(H,46,50)(H,49,57)(H,51,59)(H,52,56)(H,53,60)(H,54,58)(H4,44,45,47). The van der Waals surface area contributed by atoms with Crippen LogP contribution in [0.1, 0.15) is 48.9 Å². The van der Waals surface area contributed by atoms with Crippen molar-refractivity contribution in [3.63, 3.8) is 0 Å². The molecule has 2 aromatic carbocycles. The molecule has 5 unspecified atom stereocenters. The lowest BCUT2D eigenvalue weighted by atomic mass is 10.0. The van der Waals surface area contributed by atoms with Crippen LogP contribution in [0.25, 0.3) is 10.9 Å². The zero-order valence-corrected chi connectivity index (χ0v) is 33.3. The number of carbonyl (C=O) groups is 6. The van der Waals surface area contributed by atoms with Crippen molar-refractivity contribution in [2.75, 3.05) is 19.6 Å².